The zero-order valence-corrected chi connectivity index (χ0v) is 17.8. The van der Waals surface area contributed by atoms with Gasteiger partial charge in [0.15, 0.2) is 0 Å². The summed E-state index contributed by atoms with van der Waals surface area (Å²) in [6.45, 7) is 8.07. The summed E-state index contributed by atoms with van der Waals surface area (Å²) < 4.78 is 6.43. The Morgan fingerprint density at radius 1 is 1.07 bits per heavy atom. The second-order valence-electron chi connectivity index (χ2n) is 7.09. The van der Waals surface area contributed by atoms with E-state index in [0.29, 0.717) is 21.0 Å². The second-order valence-corrected chi connectivity index (χ2v) is 8.34. The summed E-state index contributed by atoms with van der Waals surface area (Å²) in [5, 5.41) is 5.17. The van der Waals surface area contributed by atoms with Crippen LogP contribution in [0.4, 0.5) is 5.69 Å². The molecule has 1 N–H and O–H groups in total. The maximum absolute atomic E-state index is 6.53. The largest absolute Gasteiger partial charge is 0.487 e. The highest BCUT2D eigenvalue weighted by Crippen LogP contribution is 2.50. The molecule has 0 saturated carbocycles. The fourth-order valence-electron chi connectivity index (χ4n) is 4.24. The fraction of sp³-hybridized carbons (Fsp3) is 0.429. The van der Waals surface area contributed by atoms with Gasteiger partial charge in [-0.1, -0.05) is 34.8 Å². The van der Waals surface area contributed by atoms with E-state index in [-0.39, 0.29) is 6.10 Å². The van der Waals surface area contributed by atoms with Crippen LogP contribution in [0.15, 0.2) is 24.3 Å². The summed E-state index contributed by atoms with van der Waals surface area (Å²) >= 11 is 19.2. The number of halogens is 3. The van der Waals surface area contributed by atoms with E-state index in [1.807, 2.05) is 0 Å². The van der Waals surface area contributed by atoms with E-state index >= 15 is 0 Å². The molecular formula is C21H23Cl3N2O. The zero-order chi connectivity index (χ0) is 19.1. The van der Waals surface area contributed by atoms with Crippen molar-refractivity contribution < 1.29 is 4.74 Å². The van der Waals surface area contributed by atoms with E-state index in [1.165, 1.54) is 5.56 Å². The molecule has 1 fully saturated rings. The van der Waals surface area contributed by atoms with Crippen molar-refractivity contribution in [3.05, 3.63) is 44.9 Å². The highest BCUT2D eigenvalue weighted by molar-refractivity contribution is 6.41. The van der Waals surface area contributed by atoms with E-state index in [4.69, 9.17) is 39.5 Å². The topological polar surface area (TPSA) is 24.5 Å². The average molecular weight is 426 g/mol. The molecule has 1 saturated heterocycles. The number of hydrogen-bond acceptors (Lipinski definition) is 3. The summed E-state index contributed by atoms with van der Waals surface area (Å²) in [6.07, 6.45) is 1.26. The first-order valence-corrected chi connectivity index (χ1v) is 10.6. The molecule has 2 heterocycles. The van der Waals surface area contributed by atoms with Crippen molar-refractivity contribution in [1.82, 2.24) is 5.32 Å². The lowest BCUT2D eigenvalue weighted by atomic mass is 9.88. The molecule has 0 amide bonds. The Bertz CT molecular complexity index is 844. The Morgan fingerprint density at radius 3 is 2.44 bits per heavy atom. The van der Waals surface area contributed by atoms with Crippen molar-refractivity contribution in [2.45, 2.75) is 32.3 Å². The normalized spacial score (nSPS) is 20.8. The van der Waals surface area contributed by atoms with Crippen LogP contribution in [-0.2, 0) is 0 Å². The predicted molar refractivity (Wildman–Crippen MR) is 115 cm³/mol. The van der Waals surface area contributed by atoms with Gasteiger partial charge in [0, 0.05) is 41.7 Å². The fourth-order valence-corrected chi connectivity index (χ4v) is 5.27. The van der Waals surface area contributed by atoms with Crippen LogP contribution < -0.4 is 15.0 Å². The summed E-state index contributed by atoms with van der Waals surface area (Å²) in [6, 6.07) is 7.84. The van der Waals surface area contributed by atoms with Gasteiger partial charge in [-0.15, -0.1) is 0 Å². The van der Waals surface area contributed by atoms with Crippen molar-refractivity contribution in [3.8, 4) is 16.9 Å². The molecule has 0 aromatic heterocycles. The van der Waals surface area contributed by atoms with Gasteiger partial charge in [-0.3, -0.25) is 0 Å². The lowest BCUT2D eigenvalue weighted by Crippen LogP contribution is -2.37. The molecular weight excluding hydrogens is 403 g/mol. The monoisotopic (exact) mass is 424 g/mol. The Balaban J connectivity index is 1.91. The van der Waals surface area contributed by atoms with Crippen molar-refractivity contribution in [2.75, 3.05) is 31.1 Å². The number of piperidine rings is 1. The molecule has 6 heteroatoms. The van der Waals surface area contributed by atoms with Gasteiger partial charge in [-0.05, 0) is 56.6 Å². The molecule has 2 atom stereocenters. The SMILES string of the molecule is CCN(CC)c1cc(-c2c(Cl)cc(Cl)cc2Cl)cc2c1O[C@H]1CCNC[C@@H]21. The van der Waals surface area contributed by atoms with Crippen LogP contribution in [0, 0.1) is 0 Å². The molecule has 0 bridgehead atoms. The molecule has 0 unspecified atom stereocenters. The Labute approximate surface area is 175 Å². The smallest absolute Gasteiger partial charge is 0.146 e. The van der Waals surface area contributed by atoms with E-state index in [2.05, 4.69) is 36.2 Å². The molecule has 2 aliphatic heterocycles. The predicted octanol–water partition coefficient (Wildman–Crippen LogP) is 6.00. The molecule has 0 aliphatic carbocycles. The first-order chi connectivity index (χ1) is 13.0. The van der Waals surface area contributed by atoms with Gasteiger partial charge in [-0.25, -0.2) is 0 Å². The molecule has 27 heavy (non-hydrogen) atoms. The summed E-state index contributed by atoms with van der Waals surface area (Å²) in [5.74, 6) is 1.37. The van der Waals surface area contributed by atoms with Crippen LogP contribution in [0.3, 0.4) is 0 Å². The maximum Gasteiger partial charge on any atom is 0.146 e. The van der Waals surface area contributed by atoms with E-state index in [0.717, 1.165) is 55.2 Å². The summed E-state index contributed by atoms with van der Waals surface area (Å²) in [4.78, 5) is 2.32. The molecule has 4 rings (SSSR count). The highest BCUT2D eigenvalue weighted by Gasteiger charge is 2.38. The molecule has 0 radical (unpaired) electrons. The molecule has 2 aromatic carbocycles. The number of nitrogens with one attached hydrogen (secondary N) is 1. The van der Waals surface area contributed by atoms with Crippen molar-refractivity contribution in [3.63, 3.8) is 0 Å². The molecule has 2 aliphatic rings. The number of fused-ring (bicyclic) bond motifs is 3. The third-order valence-electron chi connectivity index (χ3n) is 5.59. The number of benzene rings is 2. The second kappa shape index (κ2) is 7.71. The van der Waals surface area contributed by atoms with Gasteiger partial charge < -0.3 is 15.0 Å². The van der Waals surface area contributed by atoms with Gasteiger partial charge in [0.1, 0.15) is 11.9 Å². The third kappa shape index (κ3) is 3.40. The average Bonchev–Trinajstić information content (AvgIpc) is 3.01. The number of rotatable bonds is 4. The van der Waals surface area contributed by atoms with E-state index in [9.17, 15) is 0 Å². The molecule has 2 aromatic rings. The Hall–Kier alpha value is -1.13. The summed E-state index contributed by atoms with van der Waals surface area (Å²) in [7, 11) is 0. The Morgan fingerprint density at radius 2 is 1.78 bits per heavy atom. The van der Waals surface area contributed by atoms with Crippen molar-refractivity contribution >= 4 is 40.5 Å². The van der Waals surface area contributed by atoms with E-state index in [1.54, 1.807) is 12.1 Å². The Kier molecular flexibility index (Phi) is 5.48. The molecule has 3 nitrogen and oxygen atoms in total. The highest BCUT2D eigenvalue weighted by atomic mass is 35.5. The van der Waals surface area contributed by atoms with Crippen LogP contribution >= 0.6 is 34.8 Å². The number of hydrogen-bond donors (Lipinski definition) is 1. The minimum absolute atomic E-state index is 0.238. The quantitative estimate of drug-likeness (QED) is 0.650. The summed E-state index contributed by atoms with van der Waals surface area (Å²) in [5.41, 5.74) is 4.20. The number of nitrogens with zero attached hydrogens (tertiary/aromatic N) is 1. The minimum Gasteiger partial charge on any atom is -0.487 e. The van der Waals surface area contributed by atoms with Gasteiger partial charge in [0.2, 0.25) is 0 Å². The van der Waals surface area contributed by atoms with Crippen LogP contribution in [0.25, 0.3) is 11.1 Å². The van der Waals surface area contributed by atoms with Gasteiger partial charge >= 0.3 is 0 Å². The van der Waals surface area contributed by atoms with Crippen LogP contribution in [0.1, 0.15) is 31.7 Å². The van der Waals surface area contributed by atoms with Crippen molar-refractivity contribution in [2.24, 2.45) is 0 Å². The van der Waals surface area contributed by atoms with Gasteiger partial charge in [-0.2, -0.15) is 0 Å². The number of ether oxygens (including phenoxy) is 1. The van der Waals surface area contributed by atoms with Gasteiger partial charge in [0.05, 0.1) is 15.7 Å². The molecule has 0 spiro atoms. The lowest BCUT2D eigenvalue weighted by Gasteiger charge is -2.25. The molecule has 144 valence electrons. The van der Waals surface area contributed by atoms with E-state index < -0.39 is 0 Å². The third-order valence-corrected chi connectivity index (χ3v) is 6.40. The zero-order valence-electron chi connectivity index (χ0n) is 15.5. The maximum atomic E-state index is 6.53. The van der Waals surface area contributed by atoms with Crippen LogP contribution in [-0.4, -0.2) is 32.3 Å². The minimum atomic E-state index is 0.238. The van der Waals surface area contributed by atoms with Crippen LogP contribution in [0.5, 0.6) is 5.75 Å². The first kappa shape index (κ1) is 19.2. The standard InChI is InChI=1S/C21H23Cl3N2O/c1-3-26(4-2)18-8-12(20-16(23)9-13(22)10-17(20)24)7-14-15-11-25-6-5-19(15)27-21(14)18/h7-10,15,19,25H,3-6,11H2,1-2H3/t15-,19-/m0/s1. The van der Waals surface area contributed by atoms with Gasteiger partial charge in [0.25, 0.3) is 0 Å². The first-order valence-electron chi connectivity index (χ1n) is 9.48. The van der Waals surface area contributed by atoms with Crippen LogP contribution in [0.2, 0.25) is 15.1 Å². The van der Waals surface area contributed by atoms with Crippen molar-refractivity contribution in [1.29, 1.82) is 0 Å². The lowest BCUT2D eigenvalue weighted by molar-refractivity contribution is 0.172. The number of anilines is 1.